The van der Waals surface area contributed by atoms with Gasteiger partial charge in [-0.1, -0.05) is 78.5 Å². The Hall–Kier alpha value is -3.91. The number of benzene rings is 3. The molecule has 0 bridgehead atoms. The molecule has 4 rings (SSSR count). The monoisotopic (exact) mass is 485 g/mol. The van der Waals surface area contributed by atoms with Crippen molar-refractivity contribution < 1.29 is 9.59 Å². The van der Waals surface area contributed by atoms with E-state index in [-0.39, 0.29) is 17.6 Å². The molecule has 0 fully saturated rings. The molecule has 7 nitrogen and oxygen atoms in total. The molecular weight excluding hydrogens is 458 g/mol. The van der Waals surface area contributed by atoms with Gasteiger partial charge in [0.15, 0.2) is 5.16 Å². The summed E-state index contributed by atoms with van der Waals surface area (Å²) in [5.74, 6) is -0.0517. The summed E-state index contributed by atoms with van der Waals surface area (Å²) in [5, 5.41) is 11.3. The maximum Gasteiger partial charge on any atom is 0.254 e. The summed E-state index contributed by atoms with van der Waals surface area (Å²) in [5.41, 5.74) is 3.37. The number of aryl methyl sites for hydroxylation is 1. The number of amides is 2. The van der Waals surface area contributed by atoms with E-state index in [1.54, 1.807) is 35.2 Å². The van der Waals surface area contributed by atoms with Crippen LogP contribution >= 0.6 is 11.8 Å². The van der Waals surface area contributed by atoms with Gasteiger partial charge in [-0.2, -0.15) is 0 Å². The van der Waals surface area contributed by atoms with Gasteiger partial charge in [0.25, 0.3) is 5.91 Å². The third kappa shape index (κ3) is 7.04. The van der Waals surface area contributed by atoms with Crippen molar-refractivity contribution in [3.8, 4) is 0 Å². The van der Waals surface area contributed by atoms with Crippen molar-refractivity contribution >= 4 is 29.3 Å². The van der Waals surface area contributed by atoms with E-state index in [4.69, 9.17) is 0 Å². The van der Waals surface area contributed by atoms with Crippen molar-refractivity contribution in [2.45, 2.75) is 18.1 Å². The Morgan fingerprint density at radius 1 is 0.943 bits per heavy atom. The van der Waals surface area contributed by atoms with E-state index < -0.39 is 0 Å². The molecule has 0 aliphatic rings. The van der Waals surface area contributed by atoms with Gasteiger partial charge in [0.1, 0.15) is 6.33 Å². The van der Waals surface area contributed by atoms with Crippen LogP contribution in [0, 0.1) is 0 Å². The second-order valence-electron chi connectivity index (χ2n) is 8.09. The highest BCUT2D eigenvalue weighted by Gasteiger charge is 2.17. The van der Waals surface area contributed by atoms with Crippen molar-refractivity contribution in [1.29, 1.82) is 0 Å². The van der Waals surface area contributed by atoms with Crippen LogP contribution in [0.1, 0.15) is 21.5 Å². The van der Waals surface area contributed by atoms with Crippen LogP contribution in [0.5, 0.6) is 0 Å². The molecule has 0 aliphatic heterocycles. The normalized spacial score (nSPS) is 10.7. The summed E-state index contributed by atoms with van der Waals surface area (Å²) in [6.07, 6.45) is 2.35. The Morgan fingerprint density at radius 3 is 2.34 bits per heavy atom. The van der Waals surface area contributed by atoms with Gasteiger partial charge in [-0.15, -0.1) is 10.2 Å². The van der Waals surface area contributed by atoms with E-state index in [9.17, 15) is 9.59 Å². The standard InChI is InChI=1S/C27H27N5O2S/c1-31-20-28-30-27(31)35-19-25(33)29-24-14-8-13-23(17-24)26(34)32(18-22-11-6-3-7-12-22)16-15-21-9-4-2-5-10-21/h2-14,17,20H,15-16,18-19H2,1H3,(H,29,33). The molecule has 178 valence electrons. The molecule has 8 heteroatoms. The number of hydrogen-bond acceptors (Lipinski definition) is 5. The molecule has 1 aromatic heterocycles. The maximum atomic E-state index is 13.5. The molecule has 35 heavy (non-hydrogen) atoms. The zero-order chi connectivity index (χ0) is 24.5. The number of carbonyl (C=O) groups is 2. The summed E-state index contributed by atoms with van der Waals surface area (Å²) in [6.45, 7) is 1.10. The molecule has 0 unspecified atom stereocenters. The summed E-state index contributed by atoms with van der Waals surface area (Å²) < 4.78 is 1.76. The average Bonchev–Trinajstić information content (AvgIpc) is 3.31. The number of carbonyl (C=O) groups excluding carboxylic acids is 2. The number of anilines is 1. The van der Waals surface area contributed by atoms with Crippen LogP contribution in [0.3, 0.4) is 0 Å². The molecule has 2 amide bonds. The molecule has 0 saturated carbocycles. The van der Waals surface area contributed by atoms with Crippen LogP contribution in [0.25, 0.3) is 0 Å². The van der Waals surface area contributed by atoms with E-state index in [0.29, 0.717) is 29.5 Å². The maximum absolute atomic E-state index is 13.5. The molecule has 3 aromatic carbocycles. The lowest BCUT2D eigenvalue weighted by atomic mass is 10.1. The van der Waals surface area contributed by atoms with Gasteiger partial charge < -0.3 is 14.8 Å². The molecule has 1 N–H and O–H groups in total. The average molecular weight is 486 g/mol. The van der Waals surface area contributed by atoms with E-state index >= 15 is 0 Å². The Kier molecular flexibility index (Phi) is 8.30. The SMILES string of the molecule is Cn1cnnc1SCC(=O)Nc1cccc(C(=O)N(CCc2ccccc2)Cc2ccccc2)c1. The van der Waals surface area contributed by atoms with Crippen molar-refractivity contribution in [2.24, 2.45) is 7.05 Å². The van der Waals surface area contributed by atoms with E-state index in [1.165, 1.54) is 17.3 Å². The van der Waals surface area contributed by atoms with Gasteiger partial charge in [0.05, 0.1) is 5.75 Å². The van der Waals surface area contributed by atoms with Crippen molar-refractivity contribution in [2.75, 3.05) is 17.6 Å². The third-order valence-corrected chi connectivity index (χ3v) is 6.45. The fourth-order valence-electron chi connectivity index (χ4n) is 3.61. The first-order valence-corrected chi connectivity index (χ1v) is 12.3. The largest absolute Gasteiger partial charge is 0.334 e. The van der Waals surface area contributed by atoms with Crippen LogP contribution in [-0.2, 0) is 24.8 Å². The predicted octanol–water partition coefficient (Wildman–Crippen LogP) is 4.43. The minimum Gasteiger partial charge on any atom is -0.334 e. The third-order valence-electron chi connectivity index (χ3n) is 5.41. The van der Waals surface area contributed by atoms with Gasteiger partial charge in [0.2, 0.25) is 5.91 Å². The van der Waals surface area contributed by atoms with Crippen molar-refractivity contribution in [3.63, 3.8) is 0 Å². The molecule has 0 aliphatic carbocycles. The smallest absolute Gasteiger partial charge is 0.254 e. The molecule has 0 radical (unpaired) electrons. The lowest BCUT2D eigenvalue weighted by molar-refractivity contribution is -0.113. The Labute approximate surface area is 209 Å². The van der Waals surface area contributed by atoms with Gasteiger partial charge in [0, 0.05) is 31.4 Å². The quantitative estimate of drug-likeness (QED) is 0.336. The minimum atomic E-state index is -0.173. The summed E-state index contributed by atoms with van der Waals surface area (Å²) >= 11 is 1.30. The first-order chi connectivity index (χ1) is 17.1. The summed E-state index contributed by atoms with van der Waals surface area (Å²) in [4.78, 5) is 27.8. The number of nitrogens with zero attached hydrogens (tertiary/aromatic N) is 4. The molecular formula is C27H27N5O2S. The van der Waals surface area contributed by atoms with E-state index in [1.807, 2.05) is 60.5 Å². The van der Waals surface area contributed by atoms with Crippen molar-refractivity contribution in [3.05, 3.63) is 108 Å². The molecule has 1 heterocycles. The highest BCUT2D eigenvalue weighted by Crippen LogP contribution is 2.18. The van der Waals surface area contributed by atoms with Gasteiger partial charge >= 0.3 is 0 Å². The highest BCUT2D eigenvalue weighted by atomic mass is 32.2. The molecule has 0 spiro atoms. The first kappa shape index (κ1) is 24.2. The number of rotatable bonds is 10. The van der Waals surface area contributed by atoms with Crippen molar-refractivity contribution in [1.82, 2.24) is 19.7 Å². The van der Waals surface area contributed by atoms with E-state index in [0.717, 1.165) is 12.0 Å². The molecule has 0 atom stereocenters. The van der Waals surface area contributed by atoms with Gasteiger partial charge in [-0.25, -0.2) is 0 Å². The van der Waals surface area contributed by atoms with E-state index in [2.05, 4.69) is 27.6 Å². The zero-order valence-electron chi connectivity index (χ0n) is 19.5. The fraction of sp³-hybridized carbons (Fsp3) is 0.185. The predicted molar refractivity (Wildman–Crippen MR) is 138 cm³/mol. The Morgan fingerprint density at radius 2 is 1.66 bits per heavy atom. The van der Waals surface area contributed by atoms with Crippen LogP contribution in [-0.4, -0.2) is 43.8 Å². The number of aromatic nitrogens is 3. The van der Waals surface area contributed by atoms with Crippen LogP contribution < -0.4 is 5.32 Å². The number of hydrogen-bond donors (Lipinski definition) is 1. The first-order valence-electron chi connectivity index (χ1n) is 11.3. The Balaban J connectivity index is 1.44. The second-order valence-corrected chi connectivity index (χ2v) is 9.03. The highest BCUT2D eigenvalue weighted by molar-refractivity contribution is 7.99. The summed E-state index contributed by atoms with van der Waals surface area (Å²) in [7, 11) is 1.83. The fourth-order valence-corrected chi connectivity index (χ4v) is 4.30. The Bertz CT molecular complexity index is 1260. The van der Waals surface area contributed by atoms with Gasteiger partial charge in [-0.05, 0) is 35.7 Å². The number of thioether (sulfide) groups is 1. The minimum absolute atomic E-state index is 0.0747. The lowest BCUT2D eigenvalue weighted by Gasteiger charge is -2.23. The second kappa shape index (κ2) is 12.0. The number of nitrogens with one attached hydrogen (secondary N) is 1. The molecule has 4 aromatic rings. The van der Waals surface area contributed by atoms with Crippen LogP contribution in [0.4, 0.5) is 5.69 Å². The lowest BCUT2D eigenvalue weighted by Crippen LogP contribution is -2.32. The molecule has 0 saturated heterocycles. The topological polar surface area (TPSA) is 80.1 Å². The summed E-state index contributed by atoms with van der Waals surface area (Å²) in [6, 6.07) is 27.2. The zero-order valence-corrected chi connectivity index (χ0v) is 20.3. The van der Waals surface area contributed by atoms with Crippen LogP contribution in [0.2, 0.25) is 0 Å². The van der Waals surface area contributed by atoms with Gasteiger partial charge in [-0.3, -0.25) is 9.59 Å². The van der Waals surface area contributed by atoms with Crippen LogP contribution in [0.15, 0.2) is 96.4 Å².